The molecule has 9 rings (SSSR count). The van der Waals surface area contributed by atoms with Crippen molar-refractivity contribution in [3.63, 3.8) is 0 Å². The lowest BCUT2D eigenvalue weighted by molar-refractivity contribution is 1.07. The lowest BCUT2D eigenvalue weighted by atomic mass is 9.95. The fourth-order valence-corrected chi connectivity index (χ4v) is 7.38. The summed E-state index contributed by atoms with van der Waals surface area (Å²) in [5, 5.41) is 4.78. The van der Waals surface area contributed by atoms with Gasteiger partial charge in [-0.3, -0.25) is 0 Å². The molecule has 6 aromatic carbocycles. The number of hydrogen-bond acceptors (Lipinski definition) is 5. The number of thiophene rings is 1. The van der Waals surface area contributed by atoms with E-state index in [0.29, 0.717) is 17.5 Å². The van der Waals surface area contributed by atoms with E-state index >= 15 is 0 Å². The first kappa shape index (κ1) is 25.7. The minimum Gasteiger partial charge on any atom is -0.246 e. The molecule has 0 saturated heterocycles. The summed E-state index contributed by atoms with van der Waals surface area (Å²) in [6.45, 7) is 0. The summed E-state index contributed by atoms with van der Waals surface area (Å²) in [6, 6.07) is 50.3. The third kappa shape index (κ3) is 4.36. The maximum absolute atomic E-state index is 5.23. The Morgan fingerprint density at radius 1 is 0.400 bits per heavy atom. The van der Waals surface area contributed by atoms with Gasteiger partial charge in [0.15, 0.2) is 17.5 Å². The standard InChI is InChI=1S/C40H24N4S/c1-3-12-27(13-4-1)38-42-39(28-14-5-2-6-15-28)44-40(43-38)29-21-19-26(20-22-29)34-35-30-16-8-7-11-25(30)23-24-32(35)41-36-31-17-9-10-18-33(31)45-37(34)36/h1-24H. The number of hydrogen-bond donors (Lipinski definition) is 0. The highest BCUT2D eigenvalue weighted by Crippen LogP contribution is 2.44. The van der Waals surface area contributed by atoms with E-state index in [1.54, 1.807) is 0 Å². The van der Waals surface area contributed by atoms with Crippen molar-refractivity contribution in [2.75, 3.05) is 0 Å². The zero-order chi connectivity index (χ0) is 29.7. The Hall–Kier alpha value is -5.78. The summed E-state index contributed by atoms with van der Waals surface area (Å²) < 4.78 is 2.44. The van der Waals surface area contributed by atoms with E-state index in [9.17, 15) is 0 Å². The summed E-state index contributed by atoms with van der Waals surface area (Å²) in [4.78, 5) is 20.0. The first-order valence-corrected chi connectivity index (χ1v) is 15.7. The summed E-state index contributed by atoms with van der Waals surface area (Å²) in [6.07, 6.45) is 0. The van der Waals surface area contributed by atoms with Crippen molar-refractivity contribution < 1.29 is 0 Å². The molecule has 0 aliphatic rings. The van der Waals surface area contributed by atoms with E-state index in [2.05, 4.69) is 84.9 Å². The second-order valence-corrected chi connectivity index (χ2v) is 12.1. The van der Waals surface area contributed by atoms with Gasteiger partial charge in [-0.25, -0.2) is 19.9 Å². The monoisotopic (exact) mass is 592 g/mol. The molecule has 0 radical (unpaired) electrons. The summed E-state index contributed by atoms with van der Waals surface area (Å²) >= 11 is 1.81. The van der Waals surface area contributed by atoms with Crippen molar-refractivity contribution in [3.8, 4) is 45.3 Å². The van der Waals surface area contributed by atoms with Gasteiger partial charge < -0.3 is 0 Å². The lowest BCUT2D eigenvalue weighted by Gasteiger charge is -2.13. The van der Waals surface area contributed by atoms with Crippen molar-refractivity contribution in [2.24, 2.45) is 0 Å². The van der Waals surface area contributed by atoms with E-state index in [-0.39, 0.29) is 0 Å². The van der Waals surface area contributed by atoms with Crippen LogP contribution in [0.1, 0.15) is 0 Å². The first-order chi connectivity index (χ1) is 22.3. The molecule has 4 nitrogen and oxygen atoms in total. The molecule has 9 aromatic rings. The minimum atomic E-state index is 0.645. The van der Waals surface area contributed by atoms with E-state index in [1.165, 1.54) is 36.5 Å². The maximum atomic E-state index is 5.23. The molecule has 45 heavy (non-hydrogen) atoms. The quantitative estimate of drug-likeness (QED) is 0.191. The number of nitrogens with zero attached hydrogens (tertiary/aromatic N) is 4. The fourth-order valence-electron chi connectivity index (χ4n) is 6.16. The second kappa shape index (κ2) is 10.4. The average molecular weight is 593 g/mol. The van der Waals surface area contributed by atoms with Gasteiger partial charge in [-0.1, -0.05) is 133 Å². The molecule has 0 unspecified atom stereocenters. The molecule has 0 bridgehead atoms. The van der Waals surface area contributed by atoms with Crippen LogP contribution in [0.3, 0.4) is 0 Å². The third-order valence-electron chi connectivity index (χ3n) is 8.32. The van der Waals surface area contributed by atoms with Crippen molar-refractivity contribution in [3.05, 3.63) is 146 Å². The van der Waals surface area contributed by atoms with E-state index in [0.717, 1.165) is 33.3 Å². The van der Waals surface area contributed by atoms with Crippen LogP contribution in [0.25, 0.3) is 87.3 Å². The van der Waals surface area contributed by atoms with Crippen molar-refractivity contribution in [1.82, 2.24) is 19.9 Å². The summed E-state index contributed by atoms with van der Waals surface area (Å²) in [5.74, 6) is 1.95. The van der Waals surface area contributed by atoms with Gasteiger partial charge in [0.2, 0.25) is 0 Å². The molecule has 0 N–H and O–H groups in total. The van der Waals surface area contributed by atoms with Crippen molar-refractivity contribution in [2.45, 2.75) is 0 Å². The van der Waals surface area contributed by atoms with Gasteiger partial charge in [-0.2, -0.15) is 0 Å². The van der Waals surface area contributed by atoms with Crippen LogP contribution in [0.5, 0.6) is 0 Å². The second-order valence-electron chi connectivity index (χ2n) is 11.1. The van der Waals surface area contributed by atoms with Crippen molar-refractivity contribution >= 4 is 53.3 Å². The molecule has 0 aliphatic carbocycles. The van der Waals surface area contributed by atoms with Crippen LogP contribution in [-0.2, 0) is 0 Å². The molecular formula is C40H24N4S. The molecule has 0 spiro atoms. The summed E-state index contributed by atoms with van der Waals surface area (Å²) in [7, 11) is 0. The number of fused-ring (bicyclic) bond motifs is 6. The fraction of sp³-hybridized carbons (Fsp3) is 0. The van der Waals surface area contributed by atoms with Crippen molar-refractivity contribution in [1.29, 1.82) is 0 Å². The number of aromatic nitrogens is 4. The SMILES string of the molecule is c1ccc(-c2nc(-c3ccccc3)nc(-c3ccc(-c4c5sc6ccccc6c5nc5ccc6ccccc6c45)cc3)n2)cc1. The normalized spacial score (nSPS) is 11.6. The van der Waals surface area contributed by atoms with Crippen LogP contribution in [0, 0.1) is 0 Å². The van der Waals surface area contributed by atoms with Crippen LogP contribution < -0.4 is 0 Å². The van der Waals surface area contributed by atoms with E-state index in [1.807, 2.05) is 72.0 Å². The summed E-state index contributed by atoms with van der Waals surface area (Å²) in [5.41, 5.74) is 7.25. The Balaban J connectivity index is 1.26. The zero-order valence-corrected chi connectivity index (χ0v) is 24.9. The van der Waals surface area contributed by atoms with Crippen LogP contribution in [-0.4, -0.2) is 19.9 Å². The molecular weight excluding hydrogens is 569 g/mol. The average Bonchev–Trinajstić information content (AvgIpc) is 3.49. The maximum Gasteiger partial charge on any atom is 0.164 e. The number of benzene rings is 6. The highest BCUT2D eigenvalue weighted by atomic mass is 32.1. The van der Waals surface area contributed by atoms with Crippen LogP contribution in [0.4, 0.5) is 0 Å². The Labute approximate surface area is 263 Å². The van der Waals surface area contributed by atoms with E-state index in [4.69, 9.17) is 19.9 Å². The highest BCUT2D eigenvalue weighted by molar-refractivity contribution is 7.26. The van der Waals surface area contributed by atoms with Gasteiger partial charge in [0.1, 0.15) is 0 Å². The first-order valence-electron chi connectivity index (χ1n) is 14.9. The van der Waals surface area contributed by atoms with Gasteiger partial charge >= 0.3 is 0 Å². The van der Waals surface area contributed by atoms with E-state index < -0.39 is 0 Å². The van der Waals surface area contributed by atoms with Gasteiger partial charge in [-0.15, -0.1) is 11.3 Å². The van der Waals surface area contributed by atoms with Gasteiger partial charge in [0.05, 0.1) is 15.7 Å². The van der Waals surface area contributed by atoms with Gasteiger partial charge in [0, 0.05) is 37.7 Å². The Bertz CT molecular complexity index is 2460. The molecule has 0 saturated carbocycles. The number of pyridine rings is 1. The molecule has 0 fully saturated rings. The third-order valence-corrected chi connectivity index (χ3v) is 9.49. The Morgan fingerprint density at radius 3 is 1.60 bits per heavy atom. The van der Waals surface area contributed by atoms with Crippen LogP contribution in [0.15, 0.2) is 146 Å². The molecule has 5 heteroatoms. The van der Waals surface area contributed by atoms with Gasteiger partial charge in [-0.05, 0) is 28.5 Å². The Morgan fingerprint density at radius 2 is 0.933 bits per heavy atom. The predicted molar refractivity (Wildman–Crippen MR) is 187 cm³/mol. The highest BCUT2D eigenvalue weighted by Gasteiger charge is 2.19. The molecule has 0 aliphatic heterocycles. The minimum absolute atomic E-state index is 0.645. The molecule has 3 aromatic heterocycles. The largest absolute Gasteiger partial charge is 0.246 e. The molecule has 0 atom stereocenters. The predicted octanol–water partition coefficient (Wildman–Crippen LogP) is 10.6. The smallest absolute Gasteiger partial charge is 0.164 e. The molecule has 3 heterocycles. The number of rotatable bonds is 4. The molecule has 210 valence electrons. The topological polar surface area (TPSA) is 51.6 Å². The zero-order valence-electron chi connectivity index (χ0n) is 24.1. The van der Waals surface area contributed by atoms with Gasteiger partial charge in [0.25, 0.3) is 0 Å². The lowest BCUT2D eigenvalue weighted by Crippen LogP contribution is -2.00. The molecule has 0 amide bonds. The van der Waals surface area contributed by atoms with Crippen LogP contribution in [0.2, 0.25) is 0 Å². The Kier molecular flexibility index (Phi) is 5.96. The van der Waals surface area contributed by atoms with Crippen LogP contribution >= 0.6 is 11.3 Å².